The number of carboxylic acid groups (broad SMARTS) is 1. The molecular weight excluding hydrogens is 294 g/mol. The van der Waals surface area contributed by atoms with Crippen LogP contribution in [0.1, 0.15) is 30.0 Å². The third-order valence-electron chi connectivity index (χ3n) is 3.99. The van der Waals surface area contributed by atoms with Gasteiger partial charge in [-0.15, -0.1) is 0 Å². The van der Waals surface area contributed by atoms with Crippen LogP contribution in [0.25, 0.3) is 0 Å². The smallest absolute Gasteiger partial charge is 0.335 e. The number of carbonyl (C=O) groups excluding carboxylic acids is 1. The third-order valence-corrected chi connectivity index (χ3v) is 4.23. The van der Waals surface area contributed by atoms with Gasteiger partial charge in [0.1, 0.15) is 6.61 Å². The number of hydrogen-bond acceptors (Lipinski definition) is 3. The van der Waals surface area contributed by atoms with Crippen molar-refractivity contribution in [1.82, 2.24) is 4.90 Å². The molecule has 0 spiro atoms. The van der Waals surface area contributed by atoms with E-state index in [9.17, 15) is 14.7 Å². The summed E-state index contributed by atoms with van der Waals surface area (Å²) >= 11 is 5.97. The Hall–Kier alpha value is -1.59. The first-order valence-electron chi connectivity index (χ1n) is 6.90. The van der Waals surface area contributed by atoms with Crippen LogP contribution in [0.4, 0.5) is 0 Å². The molecule has 0 bridgehead atoms. The van der Waals surface area contributed by atoms with Crippen molar-refractivity contribution >= 4 is 23.5 Å². The van der Waals surface area contributed by atoms with Crippen molar-refractivity contribution in [3.05, 3.63) is 34.3 Å². The molecule has 1 N–H and O–H groups in total. The lowest BCUT2D eigenvalue weighted by Crippen LogP contribution is -2.52. The Morgan fingerprint density at radius 2 is 2.14 bits per heavy atom. The molecule has 2 unspecified atom stereocenters. The van der Waals surface area contributed by atoms with Crippen LogP contribution in [0, 0.1) is 6.92 Å². The summed E-state index contributed by atoms with van der Waals surface area (Å²) in [5, 5.41) is 10.0. The summed E-state index contributed by atoms with van der Waals surface area (Å²) in [6.45, 7) is 1.70. The van der Waals surface area contributed by atoms with Gasteiger partial charge in [0.05, 0.1) is 6.04 Å². The molecule has 2 atom stereocenters. The summed E-state index contributed by atoms with van der Waals surface area (Å²) in [6.07, 6.45) is 0.797. The van der Waals surface area contributed by atoms with Gasteiger partial charge in [0.15, 0.2) is 6.10 Å². The quantitative estimate of drug-likeness (QED) is 0.929. The highest BCUT2D eigenvalue weighted by atomic mass is 35.5. The normalized spacial score (nSPS) is 26.0. The summed E-state index contributed by atoms with van der Waals surface area (Å²) < 4.78 is 5.29. The molecular formula is C15H16ClNO4. The van der Waals surface area contributed by atoms with Crippen LogP contribution < -0.4 is 0 Å². The predicted octanol–water partition coefficient (Wildman–Crippen LogP) is 2.16. The maximum Gasteiger partial charge on any atom is 0.335 e. The third kappa shape index (κ3) is 2.63. The number of carbonyl (C=O) groups is 2. The summed E-state index contributed by atoms with van der Waals surface area (Å²) in [4.78, 5) is 25.4. The van der Waals surface area contributed by atoms with Crippen molar-refractivity contribution in [3.8, 4) is 0 Å². The van der Waals surface area contributed by atoms with E-state index in [1.165, 1.54) is 0 Å². The van der Waals surface area contributed by atoms with Crippen molar-refractivity contribution in [3.63, 3.8) is 0 Å². The largest absolute Gasteiger partial charge is 0.479 e. The number of rotatable bonds is 3. The average molecular weight is 310 g/mol. The van der Waals surface area contributed by atoms with E-state index in [2.05, 4.69) is 0 Å². The maximum absolute atomic E-state index is 12.2. The number of morpholine rings is 1. The second kappa shape index (κ2) is 5.31. The molecule has 1 saturated carbocycles. The van der Waals surface area contributed by atoms with E-state index < -0.39 is 18.1 Å². The Bertz CT molecular complexity index is 599. The number of hydrogen-bond donors (Lipinski definition) is 1. The highest BCUT2D eigenvalue weighted by molar-refractivity contribution is 6.30. The molecule has 21 heavy (non-hydrogen) atoms. The zero-order valence-electron chi connectivity index (χ0n) is 11.6. The fourth-order valence-corrected chi connectivity index (χ4v) is 3.13. The second-order valence-corrected chi connectivity index (χ2v) is 5.98. The molecule has 1 amide bonds. The molecule has 1 heterocycles. The summed E-state index contributed by atoms with van der Waals surface area (Å²) in [6, 6.07) is 4.82. The van der Waals surface area contributed by atoms with Gasteiger partial charge >= 0.3 is 5.97 Å². The van der Waals surface area contributed by atoms with Gasteiger partial charge < -0.3 is 14.7 Å². The van der Waals surface area contributed by atoms with Gasteiger partial charge in [0.25, 0.3) is 0 Å². The standard InChI is InChI=1S/C15H16ClNO4/c1-8-6-9(16)2-5-11(8)13-14(15(19)20)21-7-12(18)17(13)10-3-4-10/h2,5-6,10,13-14H,3-4,7H2,1H3,(H,19,20). The average Bonchev–Trinajstić information content (AvgIpc) is 3.22. The van der Waals surface area contributed by atoms with Gasteiger partial charge in [-0.3, -0.25) is 4.79 Å². The molecule has 0 aromatic heterocycles. The first kappa shape index (κ1) is 14.4. The number of ether oxygens (including phenoxy) is 1. The molecule has 3 rings (SSSR count). The SMILES string of the molecule is Cc1cc(Cl)ccc1C1C(C(=O)O)OCC(=O)N1C1CC1. The van der Waals surface area contributed by atoms with Crippen molar-refractivity contribution in [1.29, 1.82) is 0 Å². The van der Waals surface area contributed by atoms with Crippen LogP contribution in [0.15, 0.2) is 18.2 Å². The molecule has 1 aliphatic carbocycles. The molecule has 2 aliphatic rings. The number of carboxylic acids is 1. The predicted molar refractivity (Wildman–Crippen MR) is 76.2 cm³/mol. The Morgan fingerprint density at radius 3 is 2.71 bits per heavy atom. The summed E-state index contributed by atoms with van der Waals surface area (Å²) in [5.74, 6) is -1.19. The highest BCUT2D eigenvalue weighted by Gasteiger charge is 2.47. The van der Waals surface area contributed by atoms with E-state index in [0.29, 0.717) is 5.02 Å². The highest BCUT2D eigenvalue weighted by Crippen LogP contribution is 2.40. The number of amides is 1. The van der Waals surface area contributed by atoms with E-state index in [-0.39, 0.29) is 18.6 Å². The summed E-state index contributed by atoms with van der Waals surface area (Å²) in [5.41, 5.74) is 1.65. The Balaban J connectivity index is 2.06. The Labute approximate surface area is 127 Å². The van der Waals surface area contributed by atoms with Crippen LogP contribution in [-0.2, 0) is 14.3 Å². The lowest BCUT2D eigenvalue weighted by molar-refractivity contribution is -0.174. The summed E-state index contributed by atoms with van der Waals surface area (Å²) in [7, 11) is 0. The molecule has 1 aliphatic heterocycles. The van der Waals surface area contributed by atoms with Crippen molar-refractivity contribution in [2.45, 2.75) is 38.0 Å². The van der Waals surface area contributed by atoms with Gasteiger partial charge in [-0.25, -0.2) is 4.79 Å². The topological polar surface area (TPSA) is 66.8 Å². The van der Waals surface area contributed by atoms with Gasteiger partial charge in [-0.1, -0.05) is 17.7 Å². The minimum absolute atomic E-state index is 0.128. The van der Waals surface area contributed by atoms with Crippen LogP contribution in [0.2, 0.25) is 5.02 Å². The second-order valence-electron chi connectivity index (χ2n) is 5.55. The van der Waals surface area contributed by atoms with Gasteiger partial charge in [0.2, 0.25) is 5.91 Å². The number of aliphatic carboxylic acids is 1. The molecule has 1 saturated heterocycles. The molecule has 1 aromatic carbocycles. The number of aryl methyl sites for hydroxylation is 1. The molecule has 0 radical (unpaired) electrons. The van der Waals surface area contributed by atoms with E-state index >= 15 is 0 Å². The monoisotopic (exact) mass is 309 g/mol. The minimum Gasteiger partial charge on any atom is -0.479 e. The first-order valence-corrected chi connectivity index (χ1v) is 7.28. The van der Waals surface area contributed by atoms with Crippen molar-refractivity contribution in [2.24, 2.45) is 0 Å². The molecule has 2 fully saturated rings. The van der Waals surface area contributed by atoms with Gasteiger partial charge in [-0.2, -0.15) is 0 Å². The minimum atomic E-state index is -1.05. The Kier molecular flexibility index (Phi) is 3.63. The zero-order valence-corrected chi connectivity index (χ0v) is 12.3. The first-order chi connectivity index (χ1) is 9.99. The van der Waals surface area contributed by atoms with Crippen LogP contribution in [0.3, 0.4) is 0 Å². The van der Waals surface area contributed by atoms with E-state index in [1.54, 1.807) is 23.1 Å². The van der Waals surface area contributed by atoms with Crippen molar-refractivity contribution < 1.29 is 19.4 Å². The number of nitrogens with zero attached hydrogens (tertiary/aromatic N) is 1. The Morgan fingerprint density at radius 1 is 1.43 bits per heavy atom. The fraction of sp³-hybridized carbons (Fsp3) is 0.467. The molecule has 1 aromatic rings. The lowest BCUT2D eigenvalue weighted by Gasteiger charge is -2.40. The van der Waals surface area contributed by atoms with E-state index in [0.717, 1.165) is 24.0 Å². The van der Waals surface area contributed by atoms with Gasteiger partial charge in [-0.05, 0) is 43.0 Å². The zero-order chi connectivity index (χ0) is 15.1. The van der Waals surface area contributed by atoms with Gasteiger partial charge in [0, 0.05) is 11.1 Å². The van der Waals surface area contributed by atoms with Crippen LogP contribution >= 0.6 is 11.6 Å². The molecule has 112 valence electrons. The maximum atomic E-state index is 12.2. The molecule has 5 nitrogen and oxygen atoms in total. The van der Waals surface area contributed by atoms with E-state index in [4.69, 9.17) is 16.3 Å². The number of halogens is 1. The van der Waals surface area contributed by atoms with E-state index in [1.807, 2.05) is 6.92 Å². The van der Waals surface area contributed by atoms with Crippen LogP contribution in [-0.4, -0.2) is 40.6 Å². The van der Waals surface area contributed by atoms with Crippen LogP contribution in [0.5, 0.6) is 0 Å². The number of benzene rings is 1. The van der Waals surface area contributed by atoms with Crippen molar-refractivity contribution in [2.75, 3.05) is 6.61 Å². The lowest BCUT2D eigenvalue weighted by atomic mass is 9.93. The molecule has 6 heteroatoms. The fourth-order valence-electron chi connectivity index (χ4n) is 2.90.